The van der Waals surface area contributed by atoms with Crippen LogP contribution >= 0.6 is 0 Å². The predicted octanol–water partition coefficient (Wildman–Crippen LogP) is 2.11. The highest BCUT2D eigenvalue weighted by Gasteiger charge is 2.31. The highest BCUT2D eigenvalue weighted by Crippen LogP contribution is 2.25. The molecule has 0 unspecified atom stereocenters. The molecule has 3 N–H and O–H groups in total. The first kappa shape index (κ1) is 11.8. The van der Waals surface area contributed by atoms with Crippen molar-refractivity contribution in [2.24, 2.45) is 5.84 Å². The van der Waals surface area contributed by atoms with Crippen LogP contribution in [0.2, 0.25) is 0 Å². The van der Waals surface area contributed by atoms with E-state index in [1.54, 1.807) is 13.0 Å². The molecule has 0 amide bonds. The third kappa shape index (κ3) is 3.77. The van der Waals surface area contributed by atoms with E-state index < -0.39 is 6.36 Å². The van der Waals surface area contributed by atoms with Crippen molar-refractivity contribution in [2.75, 3.05) is 0 Å². The molecule has 0 aliphatic rings. The molecule has 0 aliphatic heterocycles. The Morgan fingerprint density at radius 2 is 2.07 bits per heavy atom. The summed E-state index contributed by atoms with van der Waals surface area (Å²) in [5.41, 5.74) is 3.06. The van der Waals surface area contributed by atoms with Crippen LogP contribution in [0.15, 0.2) is 24.3 Å². The monoisotopic (exact) mass is 220 g/mol. The summed E-state index contributed by atoms with van der Waals surface area (Å²) in [5, 5.41) is 0. The maximum atomic E-state index is 11.9. The van der Waals surface area contributed by atoms with E-state index in [2.05, 4.69) is 10.2 Å². The van der Waals surface area contributed by atoms with Gasteiger partial charge in [-0.25, -0.2) is 0 Å². The fraction of sp³-hybridized carbons (Fsp3) is 0.333. The van der Waals surface area contributed by atoms with Crippen LogP contribution in [-0.4, -0.2) is 6.36 Å². The molecular weight excluding hydrogens is 209 g/mol. The van der Waals surface area contributed by atoms with Gasteiger partial charge in [-0.3, -0.25) is 11.3 Å². The first-order valence-corrected chi connectivity index (χ1v) is 4.24. The number of benzene rings is 1. The molecule has 84 valence electrons. The molecule has 0 heterocycles. The number of nitrogens with two attached hydrogens (primary N) is 1. The largest absolute Gasteiger partial charge is 0.573 e. The number of alkyl halides is 3. The minimum atomic E-state index is -4.67. The standard InChI is InChI=1S/C9H11F3N2O/c1-6(14-13)7-3-2-4-8(5-7)15-9(10,11)12/h2-6,14H,13H2,1H3/t6-/m0/s1. The second kappa shape index (κ2) is 4.50. The van der Waals surface area contributed by atoms with Crippen molar-refractivity contribution >= 4 is 0 Å². The molecule has 0 radical (unpaired) electrons. The quantitative estimate of drug-likeness (QED) is 0.605. The molecule has 0 bridgehead atoms. The first-order valence-electron chi connectivity index (χ1n) is 4.24. The van der Waals surface area contributed by atoms with Gasteiger partial charge in [0.1, 0.15) is 5.75 Å². The van der Waals surface area contributed by atoms with Crippen LogP contribution in [0.5, 0.6) is 5.75 Å². The van der Waals surface area contributed by atoms with Gasteiger partial charge >= 0.3 is 6.36 Å². The van der Waals surface area contributed by atoms with Crippen molar-refractivity contribution in [3.8, 4) is 5.75 Å². The first-order chi connectivity index (χ1) is 6.92. The lowest BCUT2D eigenvalue weighted by Crippen LogP contribution is -2.25. The van der Waals surface area contributed by atoms with Crippen LogP contribution < -0.4 is 16.0 Å². The summed E-state index contributed by atoms with van der Waals surface area (Å²) in [6.45, 7) is 1.73. The minimum absolute atomic E-state index is 0.234. The zero-order valence-corrected chi connectivity index (χ0v) is 8.01. The summed E-state index contributed by atoms with van der Waals surface area (Å²) in [7, 11) is 0. The minimum Gasteiger partial charge on any atom is -0.406 e. The van der Waals surface area contributed by atoms with Crippen LogP contribution in [0.1, 0.15) is 18.5 Å². The Balaban J connectivity index is 2.83. The van der Waals surface area contributed by atoms with Gasteiger partial charge in [-0.05, 0) is 24.6 Å². The zero-order valence-electron chi connectivity index (χ0n) is 8.01. The molecule has 1 aromatic rings. The van der Waals surface area contributed by atoms with E-state index in [-0.39, 0.29) is 11.8 Å². The van der Waals surface area contributed by atoms with Crippen molar-refractivity contribution < 1.29 is 17.9 Å². The number of ether oxygens (including phenoxy) is 1. The number of hydrogen-bond acceptors (Lipinski definition) is 3. The topological polar surface area (TPSA) is 47.3 Å². The van der Waals surface area contributed by atoms with Crippen molar-refractivity contribution in [1.82, 2.24) is 5.43 Å². The molecule has 0 saturated carbocycles. The lowest BCUT2D eigenvalue weighted by molar-refractivity contribution is -0.274. The van der Waals surface area contributed by atoms with Crippen molar-refractivity contribution in [3.63, 3.8) is 0 Å². The Morgan fingerprint density at radius 3 is 2.60 bits per heavy atom. The van der Waals surface area contributed by atoms with E-state index >= 15 is 0 Å². The van der Waals surface area contributed by atoms with Crippen LogP contribution in [-0.2, 0) is 0 Å². The van der Waals surface area contributed by atoms with Crippen LogP contribution in [0.25, 0.3) is 0 Å². The second-order valence-electron chi connectivity index (χ2n) is 3.01. The summed E-state index contributed by atoms with van der Waals surface area (Å²) in [5.74, 6) is 4.92. The highest BCUT2D eigenvalue weighted by atomic mass is 19.4. The van der Waals surface area contributed by atoms with E-state index in [4.69, 9.17) is 5.84 Å². The number of hydrogen-bond donors (Lipinski definition) is 2. The number of halogens is 3. The highest BCUT2D eigenvalue weighted by molar-refractivity contribution is 5.30. The van der Waals surface area contributed by atoms with Gasteiger partial charge in [0.2, 0.25) is 0 Å². The summed E-state index contributed by atoms with van der Waals surface area (Å²) in [6, 6.07) is 5.43. The molecule has 15 heavy (non-hydrogen) atoms. The third-order valence-electron chi connectivity index (χ3n) is 1.84. The molecule has 0 fully saturated rings. The molecule has 0 spiro atoms. The SMILES string of the molecule is C[C@H](NN)c1cccc(OC(F)(F)F)c1. The van der Waals surface area contributed by atoms with Gasteiger partial charge in [0.25, 0.3) is 0 Å². The maximum absolute atomic E-state index is 11.9. The number of hydrazine groups is 1. The Morgan fingerprint density at radius 1 is 1.40 bits per heavy atom. The van der Waals surface area contributed by atoms with Gasteiger partial charge in [-0.15, -0.1) is 13.2 Å². The molecule has 6 heteroatoms. The van der Waals surface area contributed by atoms with E-state index in [1.165, 1.54) is 18.2 Å². The third-order valence-corrected chi connectivity index (χ3v) is 1.84. The average Bonchev–Trinajstić information content (AvgIpc) is 2.14. The summed E-state index contributed by atoms with van der Waals surface area (Å²) in [4.78, 5) is 0. The Hall–Kier alpha value is -1.27. The van der Waals surface area contributed by atoms with Gasteiger partial charge in [0, 0.05) is 6.04 Å². The average molecular weight is 220 g/mol. The fourth-order valence-corrected chi connectivity index (χ4v) is 1.08. The Labute approximate surface area is 85.0 Å². The lowest BCUT2D eigenvalue weighted by Gasteiger charge is -2.13. The van der Waals surface area contributed by atoms with Crippen molar-refractivity contribution in [3.05, 3.63) is 29.8 Å². The van der Waals surface area contributed by atoms with Crippen molar-refractivity contribution in [2.45, 2.75) is 19.3 Å². The molecule has 1 atom stereocenters. The Bertz CT molecular complexity index is 327. The van der Waals surface area contributed by atoms with Gasteiger partial charge in [0.15, 0.2) is 0 Å². The van der Waals surface area contributed by atoms with Gasteiger partial charge in [0.05, 0.1) is 0 Å². The molecule has 1 rings (SSSR count). The Kier molecular flexibility index (Phi) is 3.54. The van der Waals surface area contributed by atoms with Gasteiger partial charge in [-0.1, -0.05) is 12.1 Å². The maximum Gasteiger partial charge on any atom is 0.573 e. The molecule has 0 aromatic heterocycles. The van der Waals surface area contributed by atoms with E-state index in [9.17, 15) is 13.2 Å². The summed E-state index contributed by atoms with van der Waals surface area (Å²) < 4.78 is 39.4. The van der Waals surface area contributed by atoms with Crippen LogP contribution in [0, 0.1) is 0 Å². The fourth-order valence-electron chi connectivity index (χ4n) is 1.08. The predicted molar refractivity (Wildman–Crippen MR) is 48.9 cm³/mol. The summed E-state index contributed by atoms with van der Waals surface area (Å²) >= 11 is 0. The van der Waals surface area contributed by atoms with E-state index in [1.807, 2.05) is 0 Å². The molecule has 0 saturated heterocycles. The normalized spacial score (nSPS) is 13.7. The number of nitrogens with one attached hydrogen (secondary N) is 1. The smallest absolute Gasteiger partial charge is 0.406 e. The molecule has 3 nitrogen and oxygen atoms in total. The van der Waals surface area contributed by atoms with Crippen LogP contribution in [0.3, 0.4) is 0 Å². The zero-order chi connectivity index (χ0) is 11.5. The van der Waals surface area contributed by atoms with Crippen LogP contribution in [0.4, 0.5) is 13.2 Å². The van der Waals surface area contributed by atoms with E-state index in [0.717, 1.165) is 0 Å². The molecular formula is C9H11F3N2O. The lowest BCUT2D eigenvalue weighted by atomic mass is 10.1. The van der Waals surface area contributed by atoms with Crippen molar-refractivity contribution in [1.29, 1.82) is 0 Å². The summed E-state index contributed by atoms with van der Waals surface area (Å²) in [6.07, 6.45) is -4.67. The second-order valence-corrected chi connectivity index (χ2v) is 3.01. The van der Waals surface area contributed by atoms with E-state index in [0.29, 0.717) is 5.56 Å². The molecule has 0 aliphatic carbocycles. The van der Waals surface area contributed by atoms with Gasteiger partial charge < -0.3 is 4.74 Å². The number of rotatable bonds is 3. The van der Waals surface area contributed by atoms with Gasteiger partial charge in [-0.2, -0.15) is 0 Å². The molecule has 1 aromatic carbocycles.